The van der Waals surface area contributed by atoms with Crippen LogP contribution in [0.3, 0.4) is 0 Å². The summed E-state index contributed by atoms with van der Waals surface area (Å²) in [5.74, 6) is 1.09. The van der Waals surface area contributed by atoms with Crippen molar-refractivity contribution in [1.82, 2.24) is 0 Å². The molecule has 0 aliphatic carbocycles. The number of nitrogens with two attached hydrogens (primary N) is 1. The van der Waals surface area contributed by atoms with Crippen molar-refractivity contribution >= 4 is 27.7 Å². The lowest BCUT2D eigenvalue weighted by Crippen LogP contribution is -2.39. The van der Waals surface area contributed by atoms with Gasteiger partial charge in [0.1, 0.15) is 0 Å². The number of aliphatic hydroxyl groups excluding tert-OH is 1. The van der Waals surface area contributed by atoms with Gasteiger partial charge in [-0.2, -0.15) is 0 Å². The van der Waals surface area contributed by atoms with Gasteiger partial charge in [0.15, 0.2) is 0 Å². The summed E-state index contributed by atoms with van der Waals surface area (Å²) in [4.78, 5) is 1.28. The van der Waals surface area contributed by atoms with E-state index < -0.39 is 5.54 Å². The van der Waals surface area contributed by atoms with Crippen LogP contribution in [-0.4, -0.2) is 23.0 Å². The van der Waals surface area contributed by atoms with E-state index in [0.29, 0.717) is 0 Å². The van der Waals surface area contributed by atoms with Gasteiger partial charge in [0.2, 0.25) is 0 Å². The first-order valence-electron chi connectivity index (χ1n) is 5.82. The number of aliphatic hydroxyl groups is 1. The molecule has 17 heavy (non-hydrogen) atoms. The number of hydrogen-bond acceptors (Lipinski definition) is 3. The van der Waals surface area contributed by atoms with Crippen LogP contribution < -0.4 is 5.73 Å². The van der Waals surface area contributed by atoms with E-state index in [0.717, 1.165) is 29.5 Å². The van der Waals surface area contributed by atoms with Crippen molar-refractivity contribution in [3.8, 4) is 0 Å². The van der Waals surface area contributed by atoms with E-state index in [2.05, 4.69) is 34.1 Å². The molecule has 0 heterocycles. The monoisotopic (exact) mass is 317 g/mol. The molecule has 0 aromatic heterocycles. The highest BCUT2D eigenvalue weighted by molar-refractivity contribution is 9.10. The molecule has 0 aliphatic rings. The summed E-state index contributed by atoms with van der Waals surface area (Å²) in [6, 6.07) is 8.26. The van der Waals surface area contributed by atoms with Gasteiger partial charge in [-0.1, -0.05) is 18.6 Å². The second-order valence-electron chi connectivity index (χ2n) is 4.55. The van der Waals surface area contributed by atoms with Gasteiger partial charge in [0.05, 0.1) is 6.61 Å². The Labute approximate surface area is 116 Å². The van der Waals surface area contributed by atoms with Crippen LogP contribution in [0.1, 0.15) is 26.2 Å². The van der Waals surface area contributed by atoms with E-state index in [1.165, 1.54) is 4.90 Å². The number of thioether (sulfide) groups is 1. The lowest BCUT2D eigenvalue weighted by Gasteiger charge is -2.21. The number of rotatable bonds is 7. The van der Waals surface area contributed by atoms with Crippen LogP contribution in [0.25, 0.3) is 0 Å². The van der Waals surface area contributed by atoms with Crippen LogP contribution in [0.5, 0.6) is 0 Å². The molecule has 1 aromatic carbocycles. The molecule has 0 saturated heterocycles. The van der Waals surface area contributed by atoms with Crippen LogP contribution in [-0.2, 0) is 0 Å². The molecule has 1 unspecified atom stereocenters. The van der Waals surface area contributed by atoms with Gasteiger partial charge in [-0.15, -0.1) is 11.8 Å². The summed E-state index contributed by atoms with van der Waals surface area (Å²) < 4.78 is 1.16. The third kappa shape index (κ3) is 5.91. The van der Waals surface area contributed by atoms with Crippen molar-refractivity contribution in [2.45, 2.75) is 36.6 Å². The molecular formula is C13H20BrNOS. The van der Waals surface area contributed by atoms with Gasteiger partial charge in [-0.05, 0) is 53.6 Å². The Balaban J connectivity index is 2.19. The van der Waals surface area contributed by atoms with Crippen molar-refractivity contribution in [2.75, 3.05) is 12.4 Å². The van der Waals surface area contributed by atoms with Crippen molar-refractivity contribution in [3.05, 3.63) is 28.7 Å². The number of halogens is 1. The van der Waals surface area contributed by atoms with Crippen molar-refractivity contribution < 1.29 is 5.11 Å². The molecule has 0 spiro atoms. The van der Waals surface area contributed by atoms with E-state index in [9.17, 15) is 0 Å². The normalized spacial score (nSPS) is 14.6. The summed E-state index contributed by atoms with van der Waals surface area (Å²) in [5.41, 5.74) is 5.45. The van der Waals surface area contributed by atoms with Gasteiger partial charge in [0.25, 0.3) is 0 Å². The summed E-state index contributed by atoms with van der Waals surface area (Å²) in [6.07, 6.45) is 3.06. The standard InChI is InChI=1S/C13H20BrNOS/c1-13(15,10-16)8-4-5-9-17-12-7-3-2-6-11(12)14/h2-3,6-7,16H,4-5,8-10,15H2,1H3. The average molecular weight is 318 g/mol. The van der Waals surface area contributed by atoms with E-state index in [-0.39, 0.29) is 6.61 Å². The summed E-state index contributed by atoms with van der Waals surface area (Å²) in [5, 5.41) is 9.03. The van der Waals surface area contributed by atoms with Gasteiger partial charge >= 0.3 is 0 Å². The highest BCUT2D eigenvalue weighted by Crippen LogP contribution is 2.27. The average Bonchev–Trinajstić information content (AvgIpc) is 2.31. The maximum absolute atomic E-state index is 9.03. The smallest absolute Gasteiger partial charge is 0.0608 e. The number of unbranched alkanes of at least 4 members (excludes halogenated alkanes) is 1. The largest absolute Gasteiger partial charge is 0.394 e. The SMILES string of the molecule is CC(N)(CO)CCCCSc1ccccc1Br. The van der Waals surface area contributed by atoms with E-state index in [4.69, 9.17) is 10.8 Å². The summed E-state index contributed by atoms with van der Waals surface area (Å²) in [7, 11) is 0. The highest BCUT2D eigenvalue weighted by Gasteiger charge is 2.15. The topological polar surface area (TPSA) is 46.2 Å². The minimum Gasteiger partial charge on any atom is -0.394 e. The molecular weight excluding hydrogens is 298 g/mol. The molecule has 0 aliphatic heterocycles. The predicted octanol–water partition coefficient (Wildman–Crippen LogP) is 3.42. The molecule has 1 aromatic rings. The van der Waals surface area contributed by atoms with Crippen LogP contribution in [0, 0.1) is 0 Å². The minimum atomic E-state index is -0.419. The molecule has 0 saturated carbocycles. The Morgan fingerprint density at radius 3 is 2.71 bits per heavy atom. The van der Waals surface area contributed by atoms with Gasteiger partial charge < -0.3 is 10.8 Å². The fraction of sp³-hybridized carbons (Fsp3) is 0.538. The Kier molecular flexibility index (Phi) is 6.55. The number of hydrogen-bond donors (Lipinski definition) is 2. The van der Waals surface area contributed by atoms with Gasteiger partial charge in [0, 0.05) is 14.9 Å². The molecule has 3 N–H and O–H groups in total. The third-order valence-corrected chi connectivity index (χ3v) is 4.71. The molecule has 2 nitrogen and oxygen atoms in total. The summed E-state index contributed by atoms with van der Waals surface area (Å²) >= 11 is 5.39. The molecule has 0 amide bonds. The molecule has 0 fully saturated rings. The van der Waals surface area contributed by atoms with Crippen molar-refractivity contribution in [2.24, 2.45) is 5.73 Å². The Morgan fingerprint density at radius 2 is 2.06 bits per heavy atom. The maximum Gasteiger partial charge on any atom is 0.0608 e. The minimum absolute atomic E-state index is 0.0599. The van der Waals surface area contributed by atoms with E-state index in [1.807, 2.05) is 24.8 Å². The zero-order valence-corrected chi connectivity index (χ0v) is 12.6. The molecule has 0 radical (unpaired) electrons. The van der Waals surface area contributed by atoms with E-state index >= 15 is 0 Å². The molecule has 96 valence electrons. The zero-order chi connectivity index (χ0) is 12.7. The van der Waals surface area contributed by atoms with Crippen LogP contribution >= 0.6 is 27.7 Å². The van der Waals surface area contributed by atoms with Gasteiger partial charge in [-0.3, -0.25) is 0 Å². The molecule has 0 bridgehead atoms. The summed E-state index contributed by atoms with van der Waals surface area (Å²) in [6.45, 7) is 1.96. The third-order valence-electron chi connectivity index (χ3n) is 2.60. The van der Waals surface area contributed by atoms with Gasteiger partial charge in [-0.25, -0.2) is 0 Å². The first kappa shape index (κ1) is 15.0. The Bertz CT molecular complexity index is 344. The van der Waals surface area contributed by atoms with Crippen LogP contribution in [0.2, 0.25) is 0 Å². The number of benzene rings is 1. The highest BCUT2D eigenvalue weighted by atomic mass is 79.9. The fourth-order valence-electron chi connectivity index (χ4n) is 1.45. The first-order chi connectivity index (χ1) is 8.05. The first-order valence-corrected chi connectivity index (χ1v) is 7.60. The molecule has 1 atom stereocenters. The predicted molar refractivity (Wildman–Crippen MR) is 78.4 cm³/mol. The van der Waals surface area contributed by atoms with Crippen LogP contribution in [0.4, 0.5) is 0 Å². The Hall–Kier alpha value is -0.0300. The Morgan fingerprint density at radius 1 is 1.35 bits per heavy atom. The lowest BCUT2D eigenvalue weighted by atomic mass is 9.98. The zero-order valence-electron chi connectivity index (χ0n) is 10.2. The van der Waals surface area contributed by atoms with Crippen LogP contribution in [0.15, 0.2) is 33.6 Å². The molecule has 4 heteroatoms. The lowest BCUT2D eigenvalue weighted by molar-refractivity contribution is 0.198. The quantitative estimate of drug-likeness (QED) is 0.598. The second-order valence-corrected chi connectivity index (χ2v) is 6.54. The van der Waals surface area contributed by atoms with E-state index in [1.54, 1.807) is 0 Å². The maximum atomic E-state index is 9.03. The molecule has 1 rings (SSSR count). The fourth-order valence-corrected chi connectivity index (χ4v) is 3.03. The van der Waals surface area contributed by atoms with Crippen molar-refractivity contribution in [1.29, 1.82) is 0 Å². The van der Waals surface area contributed by atoms with Crippen molar-refractivity contribution in [3.63, 3.8) is 0 Å². The second kappa shape index (κ2) is 7.41.